The zero-order valence-corrected chi connectivity index (χ0v) is 8.15. The number of rotatable bonds is 3. The van der Waals surface area contributed by atoms with Gasteiger partial charge in [0.15, 0.2) is 0 Å². The van der Waals surface area contributed by atoms with Gasteiger partial charge in [0.1, 0.15) is 5.82 Å². The second kappa shape index (κ2) is 4.90. The summed E-state index contributed by atoms with van der Waals surface area (Å²) < 4.78 is 23.8. The largest absolute Gasteiger partial charge is 0.311 e. The van der Waals surface area contributed by atoms with Crippen LogP contribution in [0.2, 0.25) is 0 Å². The van der Waals surface area contributed by atoms with Crippen LogP contribution in [0, 0.1) is 0 Å². The number of halogens is 2. The molecule has 6 heteroatoms. The van der Waals surface area contributed by atoms with Crippen LogP contribution in [-0.4, -0.2) is 16.6 Å². The lowest BCUT2D eigenvalue weighted by atomic mass is 10.4. The summed E-state index contributed by atoms with van der Waals surface area (Å²) in [6.45, 7) is 1.35. The molecule has 1 aromatic heterocycles. The van der Waals surface area contributed by atoms with Gasteiger partial charge in [0, 0.05) is 18.0 Å². The van der Waals surface area contributed by atoms with Crippen molar-refractivity contribution in [2.75, 3.05) is 5.32 Å². The smallest absolute Gasteiger partial charge is 0.288 e. The zero-order valence-electron chi connectivity index (χ0n) is 7.33. The van der Waals surface area contributed by atoms with Gasteiger partial charge in [-0.2, -0.15) is 8.78 Å². The SMILES string of the molecule is CC(=O)Nc1ccc(SC(F)F)cn1. The maximum absolute atomic E-state index is 11.9. The number of nitrogens with zero attached hydrogens (tertiary/aromatic N) is 1. The molecule has 1 rings (SSSR count). The summed E-state index contributed by atoms with van der Waals surface area (Å²) in [5, 5.41) is 2.44. The Hall–Kier alpha value is -1.17. The fourth-order valence-electron chi connectivity index (χ4n) is 0.807. The third kappa shape index (κ3) is 3.69. The van der Waals surface area contributed by atoms with Gasteiger partial charge in [-0.15, -0.1) is 0 Å². The van der Waals surface area contributed by atoms with E-state index in [1.807, 2.05) is 0 Å². The predicted molar refractivity (Wildman–Crippen MR) is 50.4 cm³/mol. The first-order chi connectivity index (χ1) is 6.58. The number of hydrogen-bond donors (Lipinski definition) is 1. The van der Waals surface area contributed by atoms with Crippen molar-refractivity contribution in [2.24, 2.45) is 0 Å². The highest BCUT2D eigenvalue weighted by molar-refractivity contribution is 7.99. The second-order valence-corrected chi connectivity index (χ2v) is 3.50. The van der Waals surface area contributed by atoms with E-state index in [4.69, 9.17) is 0 Å². The fraction of sp³-hybridized carbons (Fsp3) is 0.250. The number of amides is 1. The van der Waals surface area contributed by atoms with Crippen LogP contribution in [0.4, 0.5) is 14.6 Å². The first-order valence-electron chi connectivity index (χ1n) is 3.76. The van der Waals surface area contributed by atoms with Crippen molar-refractivity contribution in [3.8, 4) is 0 Å². The Bertz CT molecular complexity index is 316. The van der Waals surface area contributed by atoms with E-state index in [0.29, 0.717) is 22.5 Å². The minimum atomic E-state index is -2.46. The van der Waals surface area contributed by atoms with Gasteiger partial charge in [-0.25, -0.2) is 4.98 Å². The Morgan fingerprint density at radius 2 is 2.29 bits per heavy atom. The zero-order chi connectivity index (χ0) is 10.6. The first kappa shape index (κ1) is 10.9. The minimum absolute atomic E-state index is 0.244. The second-order valence-electron chi connectivity index (χ2n) is 2.44. The molecule has 0 radical (unpaired) electrons. The molecule has 0 saturated heterocycles. The molecule has 0 saturated carbocycles. The van der Waals surface area contributed by atoms with E-state index >= 15 is 0 Å². The molecular weight excluding hydrogens is 210 g/mol. The van der Waals surface area contributed by atoms with E-state index in [-0.39, 0.29) is 5.91 Å². The molecule has 0 fully saturated rings. The van der Waals surface area contributed by atoms with Gasteiger partial charge >= 0.3 is 0 Å². The molecule has 0 aliphatic rings. The number of aromatic nitrogens is 1. The molecule has 0 unspecified atom stereocenters. The lowest BCUT2D eigenvalue weighted by Gasteiger charge is -2.02. The van der Waals surface area contributed by atoms with E-state index in [0.717, 1.165) is 0 Å². The summed E-state index contributed by atoms with van der Waals surface area (Å²) in [5.74, 6) is -2.34. The van der Waals surface area contributed by atoms with Crippen molar-refractivity contribution in [1.29, 1.82) is 0 Å². The van der Waals surface area contributed by atoms with Gasteiger partial charge in [-0.3, -0.25) is 4.79 Å². The first-order valence-corrected chi connectivity index (χ1v) is 4.64. The van der Waals surface area contributed by atoms with Crippen LogP contribution in [0.1, 0.15) is 6.92 Å². The van der Waals surface area contributed by atoms with Gasteiger partial charge < -0.3 is 5.32 Å². The molecule has 3 nitrogen and oxygen atoms in total. The summed E-state index contributed by atoms with van der Waals surface area (Å²) in [6.07, 6.45) is 1.29. The number of carbonyl (C=O) groups excluding carboxylic acids is 1. The van der Waals surface area contributed by atoms with Crippen molar-refractivity contribution < 1.29 is 13.6 Å². The maximum atomic E-state index is 11.9. The van der Waals surface area contributed by atoms with E-state index in [2.05, 4.69) is 10.3 Å². The third-order valence-electron chi connectivity index (χ3n) is 1.27. The van der Waals surface area contributed by atoms with Crippen LogP contribution >= 0.6 is 11.8 Å². The highest BCUT2D eigenvalue weighted by Crippen LogP contribution is 2.24. The number of thioether (sulfide) groups is 1. The molecule has 1 amide bonds. The monoisotopic (exact) mass is 218 g/mol. The number of alkyl halides is 2. The lowest BCUT2D eigenvalue weighted by molar-refractivity contribution is -0.114. The topological polar surface area (TPSA) is 42.0 Å². The number of anilines is 1. The molecule has 76 valence electrons. The molecule has 0 aliphatic carbocycles. The summed E-state index contributed by atoms with van der Waals surface area (Å²) >= 11 is 0.417. The van der Waals surface area contributed by atoms with Crippen LogP contribution < -0.4 is 5.32 Å². The number of pyridine rings is 1. The van der Waals surface area contributed by atoms with Gasteiger partial charge in [-0.1, -0.05) is 11.8 Å². The Kier molecular flexibility index (Phi) is 3.82. The van der Waals surface area contributed by atoms with Crippen molar-refractivity contribution >= 4 is 23.5 Å². The maximum Gasteiger partial charge on any atom is 0.288 e. The molecule has 0 aromatic carbocycles. The Morgan fingerprint density at radius 1 is 1.57 bits per heavy atom. The van der Waals surface area contributed by atoms with Crippen LogP contribution in [0.3, 0.4) is 0 Å². The van der Waals surface area contributed by atoms with Gasteiger partial charge in [0.05, 0.1) is 0 Å². The molecule has 14 heavy (non-hydrogen) atoms. The van der Waals surface area contributed by atoms with Crippen LogP contribution in [0.25, 0.3) is 0 Å². The Morgan fingerprint density at radius 3 is 2.71 bits per heavy atom. The van der Waals surface area contributed by atoms with E-state index in [9.17, 15) is 13.6 Å². The quantitative estimate of drug-likeness (QED) is 0.792. The minimum Gasteiger partial charge on any atom is -0.311 e. The lowest BCUT2D eigenvalue weighted by Crippen LogP contribution is -2.06. The van der Waals surface area contributed by atoms with Crippen LogP contribution in [0.5, 0.6) is 0 Å². The molecule has 0 aliphatic heterocycles. The van der Waals surface area contributed by atoms with Crippen molar-refractivity contribution in [2.45, 2.75) is 17.6 Å². The summed E-state index contributed by atoms with van der Waals surface area (Å²) in [7, 11) is 0. The molecule has 0 bridgehead atoms. The third-order valence-corrected chi connectivity index (χ3v) is 1.96. The van der Waals surface area contributed by atoms with Crippen LogP contribution in [-0.2, 0) is 4.79 Å². The van der Waals surface area contributed by atoms with Gasteiger partial charge in [0.2, 0.25) is 5.91 Å². The van der Waals surface area contributed by atoms with Gasteiger partial charge in [-0.05, 0) is 12.1 Å². The van der Waals surface area contributed by atoms with Gasteiger partial charge in [0.25, 0.3) is 5.76 Å². The summed E-state index contributed by atoms with van der Waals surface area (Å²) in [4.78, 5) is 14.8. The summed E-state index contributed by atoms with van der Waals surface area (Å²) in [6, 6.07) is 2.96. The molecule has 1 N–H and O–H groups in total. The van der Waals surface area contributed by atoms with E-state index < -0.39 is 5.76 Å². The number of carbonyl (C=O) groups is 1. The molecule has 1 aromatic rings. The number of hydrogen-bond acceptors (Lipinski definition) is 3. The average molecular weight is 218 g/mol. The molecule has 1 heterocycles. The molecule has 0 atom stereocenters. The highest BCUT2D eigenvalue weighted by Gasteiger charge is 2.05. The van der Waals surface area contributed by atoms with Crippen molar-refractivity contribution in [3.05, 3.63) is 18.3 Å². The molecule has 0 spiro atoms. The normalized spacial score (nSPS) is 10.3. The van der Waals surface area contributed by atoms with E-state index in [1.54, 1.807) is 0 Å². The van der Waals surface area contributed by atoms with E-state index in [1.165, 1.54) is 25.3 Å². The molecular formula is C8H8F2N2OS. The Balaban J connectivity index is 2.63. The Labute approximate surface area is 83.9 Å². The van der Waals surface area contributed by atoms with Crippen molar-refractivity contribution in [1.82, 2.24) is 4.98 Å². The summed E-state index contributed by atoms with van der Waals surface area (Å²) in [5.41, 5.74) is 0. The standard InChI is InChI=1S/C8H8F2N2OS/c1-5(13)12-7-3-2-6(4-11-7)14-8(9)10/h2-4,8H,1H3,(H,11,12,13). The van der Waals surface area contributed by atoms with Crippen molar-refractivity contribution in [3.63, 3.8) is 0 Å². The highest BCUT2D eigenvalue weighted by atomic mass is 32.2. The average Bonchev–Trinajstić information content (AvgIpc) is 2.06. The van der Waals surface area contributed by atoms with Crippen LogP contribution in [0.15, 0.2) is 23.2 Å². The fourth-order valence-corrected chi connectivity index (χ4v) is 1.27. The number of nitrogens with one attached hydrogen (secondary N) is 1. The predicted octanol–water partition coefficient (Wildman–Crippen LogP) is 2.35.